The molecule has 0 saturated heterocycles. The van der Waals surface area contributed by atoms with Gasteiger partial charge in [-0.25, -0.2) is 4.98 Å². The number of anilines is 2. The lowest BCUT2D eigenvalue weighted by atomic mass is 9.82. The zero-order chi connectivity index (χ0) is 12.6. The summed E-state index contributed by atoms with van der Waals surface area (Å²) >= 11 is 11.9. The molecular weight excluding hydrogens is 261 g/mol. The van der Waals surface area contributed by atoms with Crippen LogP contribution in [-0.2, 0) is 0 Å². The van der Waals surface area contributed by atoms with Crippen LogP contribution in [0, 0.1) is 5.92 Å². The summed E-state index contributed by atoms with van der Waals surface area (Å²) in [6.45, 7) is 0.810. The van der Waals surface area contributed by atoms with Crippen molar-refractivity contribution < 1.29 is 5.11 Å². The van der Waals surface area contributed by atoms with Gasteiger partial charge in [0, 0.05) is 13.6 Å². The number of nitrogen functional groups attached to an aromatic ring is 1. The van der Waals surface area contributed by atoms with Gasteiger partial charge in [-0.3, -0.25) is 0 Å². The fourth-order valence-electron chi connectivity index (χ4n) is 2.06. The summed E-state index contributed by atoms with van der Waals surface area (Å²) in [6, 6.07) is 1.60. The third kappa shape index (κ3) is 2.76. The summed E-state index contributed by atoms with van der Waals surface area (Å²) in [5.74, 6) is 1.41. The molecule has 1 heterocycles. The van der Waals surface area contributed by atoms with Crippen molar-refractivity contribution in [3.63, 3.8) is 0 Å². The molecule has 4 nitrogen and oxygen atoms in total. The topological polar surface area (TPSA) is 62.4 Å². The van der Waals surface area contributed by atoms with E-state index in [-0.39, 0.29) is 11.9 Å². The molecule has 1 aliphatic rings. The minimum atomic E-state index is -0.146. The van der Waals surface area contributed by atoms with Gasteiger partial charge >= 0.3 is 0 Å². The lowest BCUT2D eigenvalue weighted by Gasteiger charge is -2.35. The molecule has 1 saturated carbocycles. The molecule has 0 atom stereocenters. The molecule has 0 radical (unpaired) electrons. The normalized spacial score (nSPS) is 23.3. The molecule has 94 valence electrons. The highest BCUT2D eigenvalue weighted by molar-refractivity contribution is 6.37. The Bertz CT molecular complexity index is 421. The highest BCUT2D eigenvalue weighted by Crippen LogP contribution is 2.32. The number of aromatic nitrogens is 1. The van der Waals surface area contributed by atoms with Gasteiger partial charge in [-0.05, 0) is 24.8 Å². The number of pyridine rings is 1. The van der Waals surface area contributed by atoms with Crippen molar-refractivity contribution >= 4 is 34.8 Å². The molecule has 0 aromatic carbocycles. The van der Waals surface area contributed by atoms with E-state index in [2.05, 4.69) is 4.98 Å². The highest BCUT2D eigenvalue weighted by atomic mass is 35.5. The van der Waals surface area contributed by atoms with Crippen LogP contribution in [0.2, 0.25) is 10.0 Å². The second-order valence-corrected chi connectivity index (χ2v) is 5.35. The summed E-state index contributed by atoms with van der Waals surface area (Å²) in [5.41, 5.74) is 5.66. The van der Waals surface area contributed by atoms with E-state index in [1.807, 2.05) is 11.9 Å². The van der Waals surface area contributed by atoms with Crippen LogP contribution in [0.5, 0.6) is 0 Å². The molecule has 2 rings (SSSR count). The lowest BCUT2D eigenvalue weighted by Crippen LogP contribution is -2.37. The maximum atomic E-state index is 9.24. The molecule has 0 aliphatic heterocycles. The zero-order valence-corrected chi connectivity index (χ0v) is 11.0. The van der Waals surface area contributed by atoms with Crippen molar-refractivity contribution in [2.24, 2.45) is 5.92 Å². The molecule has 0 spiro atoms. The third-order valence-corrected chi connectivity index (χ3v) is 3.62. The van der Waals surface area contributed by atoms with Gasteiger partial charge in [0.2, 0.25) is 0 Å². The van der Waals surface area contributed by atoms with Gasteiger partial charge in [0.15, 0.2) is 0 Å². The zero-order valence-electron chi connectivity index (χ0n) is 9.53. The van der Waals surface area contributed by atoms with Crippen LogP contribution in [0.25, 0.3) is 0 Å². The SMILES string of the molecule is CN(CC1CC(O)C1)c1nc(N)c(Cl)cc1Cl. The van der Waals surface area contributed by atoms with E-state index in [1.165, 1.54) is 0 Å². The molecule has 3 N–H and O–H groups in total. The Labute approximate surface area is 110 Å². The summed E-state index contributed by atoms with van der Waals surface area (Å²) in [5, 5.41) is 10.1. The second kappa shape index (κ2) is 4.88. The van der Waals surface area contributed by atoms with Crippen LogP contribution >= 0.6 is 23.2 Å². The number of aliphatic hydroxyl groups excluding tert-OH is 1. The van der Waals surface area contributed by atoms with Crippen LogP contribution in [0.15, 0.2) is 6.07 Å². The maximum absolute atomic E-state index is 9.24. The number of aliphatic hydroxyl groups is 1. The monoisotopic (exact) mass is 275 g/mol. The molecule has 0 unspecified atom stereocenters. The van der Waals surface area contributed by atoms with Crippen molar-refractivity contribution in [1.29, 1.82) is 0 Å². The number of hydrogen-bond acceptors (Lipinski definition) is 4. The fourth-order valence-corrected chi connectivity index (χ4v) is 2.56. The van der Waals surface area contributed by atoms with Crippen molar-refractivity contribution in [3.8, 4) is 0 Å². The Morgan fingerprint density at radius 2 is 2.12 bits per heavy atom. The summed E-state index contributed by atoms with van der Waals surface area (Å²) in [7, 11) is 1.91. The predicted molar refractivity (Wildman–Crippen MR) is 70.7 cm³/mol. The number of nitrogens with two attached hydrogens (primary N) is 1. The molecule has 0 amide bonds. The van der Waals surface area contributed by atoms with Crippen LogP contribution in [0.3, 0.4) is 0 Å². The van der Waals surface area contributed by atoms with Crippen LogP contribution < -0.4 is 10.6 Å². The Hall–Kier alpha value is -0.710. The van der Waals surface area contributed by atoms with E-state index in [1.54, 1.807) is 6.07 Å². The minimum absolute atomic E-state index is 0.146. The number of halogens is 2. The second-order valence-electron chi connectivity index (χ2n) is 4.53. The molecule has 1 aromatic rings. The van der Waals surface area contributed by atoms with E-state index in [4.69, 9.17) is 28.9 Å². The number of nitrogens with zero attached hydrogens (tertiary/aromatic N) is 2. The molecule has 1 aromatic heterocycles. The van der Waals surface area contributed by atoms with Gasteiger partial charge in [-0.15, -0.1) is 0 Å². The Kier molecular flexibility index (Phi) is 3.66. The van der Waals surface area contributed by atoms with Gasteiger partial charge in [0.25, 0.3) is 0 Å². The van der Waals surface area contributed by atoms with E-state index < -0.39 is 0 Å². The van der Waals surface area contributed by atoms with Crippen molar-refractivity contribution in [3.05, 3.63) is 16.1 Å². The first kappa shape index (κ1) is 12.7. The van der Waals surface area contributed by atoms with Crippen LogP contribution in [0.4, 0.5) is 11.6 Å². The minimum Gasteiger partial charge on any atom is -0.393 e. The first-order valence-corrected chi connectivity index (χ1v) is 6.23. The first-order valence-electron chi connectivity index (χ1n) is 5.48. The average molecular weight is 276 g/mol. The molecular formula is C11H15Cl2N3O. The first-order chi connectivity index (χ1) is 7.97. The van der Waals surface area contributed by atoms with Gasteiger partial charge in [-0.2, -0.15) is 0 Å². The highest BCUT2D eigenvalue weighted by Gasteiger charge is 2.28. The largest absolute Gasteiger partial charge is 0.393 e. The standard InChI is InChI=1S/C11H15Cl2N3O/c1-16(5-6-2-7(17)3-6)11-9(13)4-8(12)10(14)15-11/h4,6-7,17H,2-3,5H2,1H3,(H2,14,15). The van der Waals surface area contributed by atoms with E-state index in [9.17, 15) is 5.11 Å². The molecule has 17 heavy (non-hydrogen) atoms. The van der Waals surface area contributed by atoms with Gasteiger partial charge in [-0.1, -0.05) is 23.2 Å². The lowest BCUT2D eigenvalue weighted by molar-refractivity contribution is 0.0464. The summed E-state index contributed by atoms with van der Waals surface area (Å²) < 4.78 is 0. The number of rotatable bonds is 3. The van der Waals surface area contributed by atoms with Gasteiger partial charge < -0.3 is 15.7 Å². The van der Waals surface area contributed by atoms with Crippen LogP contribution in [0.1, 0.15) is 12.8 Å². The Morgan fingerprint density at radius 1 is 1.47 bits per heavy atom. The average Bonchev–Trinajstić information content (AvgIpc) is 2.21. The summed E-state index contributed by atoms with van der Waals surface area (Å²) in [4.78, 5) is 6.13. The smallest absolute Gasteiger partial charge is 0.149 e. The molecule has 1 fully saturated rings. The molecule has 1 aliphatic carbocycles. The van der Waals surface area contributed by atoms with E-state index in [0.29, 0.717) is 21.8 Å². The van der Waals surface area contributed by atoms with Gasteiger partial charge in [0.05, 0.1) is 16.1 Å². The maximum Gasteiger partial charge on any atom is 0.149 e. The van der Waals surface area contributed by atoms with Crippen molar-refractivity contribution in [2.45, 2.75) is 18.9 Å². The number of hydrogen-bond donors (Lipinski definition) is 2. The van der Waals surface area contributed by atoms with Crippen molar-refractivity contribution in [1.82, 2.24) is 4.98 Å². The van der Waals surface area contributed by atoms with Crippen molar-refractivity contribution in [2.75, 3.05) is 24.2 Å². The molecule has 6 heteroatoms. The fraction of sp³-hybridized carbons (Fsp3) is 0.545. The van der Waals surface area contributed by atoms with Gasteiger partial charge in [0.1, 0.15) is 11.6 Å². The summed E-state index contributed by atoms with van der Waals surface area (Å²) in [6.07, 6.45) is 1.53. The quantitative estimate of drug-likeness (QED) is 0.888. The third-order valence-electron chi connectivity index (χ3n) is 3.04. The Balaban J connectivity index is 2.08. The predicted octanol–water partition coefficient (Wildman–Crippen LogP) is 2.18. The Morgan fingerprint density at radius 3 is 2.71 bits per heavy atom. The van der Waals surface area contributed by atoms with E-state index in [0.717, 1.165) is 19.4 Å². The molecule has 0 bridgehead atoms. The van der Waals surface area contributed by atoms with Crippen LogP contribution in [-0.4, -0.2) is 29.8 Å². The van der Waals surface area contributed by atoms with E-state index >= 15 is 0 Å².